The van der Waals surface area contributed by atoms with Gasteiger partial charge in [-0.05, 0) is 43.7 Å². The van der Waals surface area contributed by atoms with Gasteiger partial charge in [0.15, 0.2) is 5.82 Å². The van der Waals surface area contributed by atoms with Crippen LogP contribution in [0.4, 0.5) is 10.6 Å². The highest BCUT2D eigenvalue weighted by molar-refractivity contribution is 5.91. The molecule has 2 aliphatic rings. The number of ether oxygens (including phenoxy) is 3. The van der Waals surface area contributed by atoms with E-state index < -0.39 is 0 Å². The molecule has 2 amide bonds. The second kappa shape index (κ2) is 10.4. The first-order chi connectivity index (χ1) is 15.6. The fraction of sp³-hybridized carbons (Fsp3) is 0.545. The number of H-pyrrole nitrogens is 1. The smallest absolute Gasteiger partial charge is 0.407 e. The summed E-state index contributed by atoms with van der Waals surface area (Å²) in [4.78, 5) is 28.6. The van der Waals surface area contributed by atoms with Crippen LogP contribution in [-0.2, 0) is 20.7 Å². The molecule has 4 rings (SSSR count). The fourth-order valence-corrected chi connectivity index (χ4v) is 4.18. The summed E-state index contributed by atoms with van der Waals surface area (Å²) >= 11 is 0. The molecule has 1 saturated heterocycles. The Hall–Kier alpha value is -3.14. The van der Waals surface area contributed by atoms with E-state index in [1.165, 1.54) is 7.11 Å². The molecular formula is C22H29N5O5. The summed E-state index contributed by atoms with van der Waals surface area (Å²) < 4.78 is 16.0. The van der Waals surface area contributed by atoms with Crippen molar-refractivity contribution in [3.8, 4) is 5.88 Å². The van der Waals surface area contributed by atoms with E-state index in [0.29, 0.717) is 24.9 Å². The van der Waals surface area contributed by atoms with E-state index in [9.17, 15) is 9.59 Å². The lowest BCUT2D eigenvalue weighted by atomic mass is 10.0. The average Bonchev–Trinajstić information content (AvgIpc) is 3.44. The maximum Gasteiger partial charge on any atom is 0.407 e. The molecule has 3 heterocycles. The van der Waals surface area contributed by atoms with Crippen LogP contribution in [0.3, 0.4) is 0 Å². The molecule has 0 spiro atoms. The van der Waals surface area contributed by atoms with Gasteiger partial charge in [0, 0.05) is 49.2 Å². The number of hydrogen-bond acceptors (Lipinski definition) is 7. The third-order valence-electron chi connectivity index (χ3n) is 5.88. The first kappa shape index (κ1) is 22.1. The first-order valence-corrected chi connectivity index (χ1v) is 11.0. The molecular weight excluding hydrogens is 414 g/mol. The summed E-state index contributed by atoms with van der Waals surface area (Å²) in [6.45, 7) is 1.35. The van der Waals surface area contributed by atoms with Crippen LogP contribution in [0.25, 0.3) is 0 Å². The van der Waals surface area contributed by atoms with Gasteiger partial charge in [-0.1, -0.05) is 0 Å². The van der Waals surface area contributed by atoms with E-state index in [-0.39, 0.29) is 36.5 Å². The quantitative estimate of drug-likeness (QED) is 0.600. The summed E-state index contributed by atoms with van der Waals surface area (Å²) in [5, 5.41) is 13.0. The Bertz CT molecular complexity index is 927. The number of anilines is 1. The largest absolute Gasteiger partial charge is 0.481 e. The normalized spacial score (nSPS) is 21.2. The molecule has 10 nitrogen and oxygen atoms in total. The van der Waals surface area contributed by atoms with Crippen molar-refractivity contribution in [3.05, 3.63) is 35.7 Å². The number of alkyl carbamates (subject to hydrolysis) is 1. The molecule has 2 atom stereocenters. The van der Waals surface area contributed by atoms with Gasteiger partial charge in [-0.3, -0.25) is 9.89 Å². The van der Waals surface area contributed by atoms with Crippen LogP contribution in [0, 0.1) is 0 Å². The molecule has 2 fully saturated rings. The Morgan fingerprint density at radius 2 is 2.06 bits per heavy atom. The van der Waals surface area contributed by atoms with E-state index in [1.54, 1.807) is 18.3 Å². The minimum absolute atomic E-state index is 0.122. The molecule has 2 aromatic heterocycles. The molecule has 172 valence electrons. The molecule has 0 unspecified atom stereocenters. The zero-order chi connectivity index (χ0) is 22.3. The fourth-order valence-electron chi connectivity index (χ4n) is 4.18. The lowest BCUT2D eigenvalue weighted by molar-refractivity contribution is -0.115. The van der Waals surface area contributed by atoms with Crippen LogP contribution in [-0.4, -0.2) is 59.7 Å². The highest BCUT2D eigenvalue weighted by Crippen LogP contribution is 2.35. The number of rotatable bonds is 7. The Morgan fingerprint density at radius 3 is 2.88 bits per heavy atom. The lowest BCUT2D eigenvalue weighted by Gasteiger charge is -2.23. The van der Waals surface area contributed by atoms with Crippen LogP contribution >= 0.6 is 0 Å². The monoisotopic (exact) mass is 443 g/mol. The van der Waals surface area contributed by atoms with Crippen molar-refractivity contribution in [1.29, 1.82) is 0 Å². The SMILES string of the molecule is COc1cc(CC(=O)Nc2cc([C@H]3CC[C@@H](OC(=O)NC4CCOCC4)C3)[nH]n2)ccn1. The van der Waals surface area contributed by atoms with Crippen molar-refractivity contribution >= 4 is 17.8 Å². The lowest BCUT2D eigenvalue weighted by Crippen LogP contribution is -2.40. The van der Waals surface area contributed by atoms with E-state index in [2.05, 4.69) is 25.8 Å². The molecule has 2 aromatic rings. The molecule has 1 aliphatic heterocycles. The Balaban J connectivity index is 1.23. The van der Waals surface area contributed by atoms with Gasteiger partial charge < -0.3 is 24.8 Å². The predicted molar refractivity (Wildman–Crippen MR) is 116 cm³/mol. The number of carbonyl (C=O) groups excluding carboxylic acids is 2. The number of nitrogens with zero attached hydrogens (tertiary/aromatic N) is 2. The van der Waals surface area contributed by atoms with Crippen molar-refractivity contribution in [1.82, 2.24) is 20.5 Å². The highest BCUT2D eigenvalue weighted by Gasteiger charge is 2.30. The van der Waals surface area contributed by atoms with Gasteiger partial charge in [-0.2, -0.15) is 5.10 Å². The van der Waals surface area contributed by atoms with Crippen LogP contribution in [0.5, 0.6) is 5.88 Å². The van der Waals surface area contributed by atoms with Crippen LogP contribution in [0.15, 0.2) is 24.4 Å². The van der Waals surface area contributed by atoms with Crippen molar-refractivity contribution in [2.24, 2.45) is 0 Å². The Labute approximate surface area is 186 Å². The number of methoxy groups -OCH3 is 1. The van der Waals surface area contributed by atoms with E-state index in [4.69, 9.17) is 14.2 Å². The Morgan fingerprint density at radius 1 is 1.22 bits per heavy atom. The predicted octanol–water partition coefficient (Wildman–Crippen LogP) is 2.54. The van der Waals surface area contributed by atoms with Crippen LogP contribution in [0.1, 0.15) is 49.3 Å². The van der Waals surface area contributed by atoms with Crippen molar-refractivity contribution in [3.63, 3.8) is 0 Å². The summed E-state index contributed by atoms with van der Waals surface area (Å²) in [5.41, 5.74) is 1.74. The number of amides is 2. The zero-order valence-corrected chi connectivity index (χ0v) is 18.1. The second-order valence-electron chi connectivity index (χ2n) is 8.21. The van der Waals surface area contributed by atoms with Gasteiger partial charge in [0.25, 0.3) is 0 Å². The minimum Gasteiger partial charge on any atom is -0.481 e. The number of pyridine rings is 1. The number of aromatic amines is 1. The van der Waals surface area contributed by atoms with Crippen molar-refractivity contribution in [2.45, 2.75) is 56.6 Å². The van der Waals surface area contributed by atoms with Gasteiger partial charge >= 0.3 is 6.09 Å². The number of carbonyl (C=O) groups is 2. The van der Waals surface area contributed by atoms with Crippen molar-refractivity contribution < 1.29 is 23.8 Å². The summed E-state index contributed by atoms with van der Waals surface area (Å²) in [5.74, 6) is 0.983. The molecule has 1 aliphatic carbocycles. The van der Waals surface area contributed by atoms with E-state index >= 15 is 0 Å². The van der Waals surface area contributed by atoms with Gasteiger partial charge in [0.2, 0.25) is 11.8 Å². The van der Waals surface area contributed by atoms with E-state index in [1.807, 2.05) is 6.07 Å². The first-order valence-electron chi connectivity index (χ1n) is 11.0. The topological polar surface area (TPSA) is 127 Å². The van der Waals surface area contributed by atoms with E-state index in [0.717, 1.165) is 43.4 Å². The average molecular weight is 444 g/mol. The summed E-state index contributed by atoms with van der Waals surface area (Å²) in [6.07, 6.45) is 5.39. The maximum atomic E-state index is 12.4. The van der Waals surface area contributed by atoms with Crippen LogP contribution in [0.2, 0.25) is 0 Å². The standard InChI is InChI=1S/C22H29N5O5/c1-30-21-11-14(4-7-23-21)10-20(28)25-19-13-18(26-27-19)15-2-3-17(12-15)32-22(29)24-16-5-8-31-9-6-16/h4,7,11,13,15-17H,2-3,5-6,8-10,12H2,1H3,(H,24,29)(H2,25,26,27,28)/t15-,17+/m0/s1. The van der Waals surface area contributed by atoms with Gasteiger partial charge in [0.1, 0.15) is 6.10 Å². The zero-order valence-electron chi connectivity index (χ0n) is 18.1. The number of aromatic nitrogens is 3. The summed E-state index contributed by atoms with van der Waals surface area (Å²) in [6, 6.07) is 5.47. The summed E-state index contributed by atoms with van der Waals surface area (Å²) in [7, 11) is 1.54. The molecule has 10 heteroatoms. The third-order valence-corrected chi connectivity index (χ3v) is 5.88. The molecule has 3 N–H and O–H groups in total. The highest BCUT2D eigenvalue weighted by atomic mass is 16.6. The second-order valence-corrected chi connectivity index (χ2v) is 8.21. The number of hydrogen-bond donors (Lipinski definition) is 3. The number of nitrogens with one attached hydrogen (secondary N) is 3. The molecule has 1 saturated carbocycles. The van der Waals surface area contributed by atoms with Gasteiger partial charge in [-0.15, -0.1) is 0 Å². The minimum atomic E-state index is -0.354. The van der Waals surface area contributed by atoms with Crippen molar-refractivity contribution in [2.75, 3.05) is 25.6 Å². The molecule has 0 aromatic carbocycles. The van der Waals surface area contributed by atoms with Crippen LogP contribution < -0.4 is 15.4 Å². The Kier molecular flexibility index (Phi) is 7.21. The van der Waals surface area contributed by atoms with Gasteiger partial charge in [0.05, 0.1) is 13.5 Å². The maximum absolute atomic E-state index is 12.4. The third kappa shape index (κ3) is 5.97. The molecule has 0 radical (unpaired) electrons. The molecule has 0 bridgehead atoms. The van der Waals surface area contributed by atoms with Gasteiger partial charge in [-0.25, -0.2) is 9.78 Å². The molecule has 32 heavy (non-hydrogen) atoms.